The minimum atomic E-state index is -0.510. The molecule has 2 aromatic heterocycles. The van der Waals surface area contributed by atoms with Gasteiger partial charge in [-0.3, -0.25) is 19.3 Å². The SMILES string of the molecule is CC(=O)NC1CC(n2cc(-c3ccc4ncc(C(N)=O)c(NC(C)C)c4c3)cn2)C1. The van der Waals surface area contributed by atoms with Crippen molar-refractivity contribution in [2.75, 3.05) is 5.32 Å². The number of hydrogen-bond acceptors (Lipinski definition) is 5. The number of anilines is 1. The fourth-order valence-electron chi connectivity index (χ4n) is 3.90. The molecule has 0 spiro atoms. The van der Waals surface area contributed by atoms with E-state index in [9.17, 15) is 9.59 Å². The third-order valence-electron chi connectivity index (χ3n) is 5.40. The monoisotopic (exact) mass is 406 g/mol. The summed E-state index contributed by atoms with van der Waals surface area (Å²) in [4.78, 5) is 27.5. The molecular formula is C22H26N6O2. The van der Waals surface area contributed by atoms with E-state index in [0.29, 0.717) is 11.3 Å². The van der Waals surface area contributed by atoms with E-state index < -0.39 is 5.91 Å². The molecule has 3 aromatic rings. The predicted octanol–water partition coefficient (Wildman–Crippen LogP) is 2.86. The lowest BCUT2D eigenvalue weighted by atomic mass is 9.87. The molecule has 2 heterocycles. The normalized spacial score (nSPS) is 18.3. The van der Waals surface area contributed by atoms with Crippen molar-refractivity contribution in [2.24, 2.45) is 5.73 Å². The van der Waals surface area contributed by atoms with E-state index in [4.69, 9.17) is 5.73 Å². The van der Waals surface area contributed by atoms with Gasteiger partial charge in [-0.2, -0.15) is 5.10 Å². The molecule has 8 nitrogen and oxygen atoms in total. The van der Waals surface area contributed by atoms with Crippen molar-refractivity contribution in [3.63, 3.8) is 0 Å². The van der Waals surface area contributed by atoms with Gasteiger partial charge in [-0.25, -0.2) is 0 Å². The van der Waals surface area contributed by atoms with Gasteiger partial charge in [0.1, 0.15) is 0 Å². The zero-order valence-electron chi connectivity index (χ0n) is 17.3. The maximum Gasteiger partial charge on any atom is 0.252 e. The Kier molecular flexibility index (Phi) is 5.15. The van der Waals surface area contributed by atoms with Crippen LogP contribution < -0.4 is 16.4 Å². The molecular weight excluding hydrogens is 380 g/mol. The highest BCUT2D eigenvalue weighted by atomic mass is 16.1. The highest BCUT2D eigenvalue weighted by molar-refractivity contribution is 6.07. The average Bonchev–Trinajstić information content (AvgIpc) is 3.13. The zero-order chi connectivity index (χ0) is 21.4. The summed E-state index contributed by atoms with van der Waals surface area (Å²) in [5.41, 5.74) is 9.41. The lowest BCUT2D eigenvalue weighted by Crippen LogP contribution is -2.44. The molecule has 156 valence electrons. The Hall–Kier alpha value is -3.42. The molecule has 4 N–H and O–H groups in total. The molecule has 0 bridgehead atoms. The highest BCUT2D eigenvalue weighted by Crippen LogP contribution is 2.34. The summed E-state index contributed by atoms with van der Waals surface area (Å²) in [5.74, 6) is -0.505. The van der Waals surface area contributed by atoms with E-state index in [-0.39, 0.29) is 24.0 Å². The smallest absolute Gasteiger partial charge is 0.252 e. The Balaban J connectivity index is 1.65. The third-order valence-corrected chi connectivity index (χ3v) is 5.40. The highest BCUT2D eigenvalue weighted by Gasteiger charge is 2.31. The van der Waals surface area contributed by atoms with E-state index in [0.717, 1.165) is 34.9 Å². The van der Waals surface area contributed by atoms with E-state index in [2.05, 4.69) is 20.7 Å². The minimum absolute atomic E-state index is 0.00511. The van der Waals surface area contributed by atoms with Crippen LogP contribution in [0.25, 0.3) is 22.0 Å². The molecule has 0 radical (unpaired) electrons. The topological polar surface area (TPSA) is 115 Å². The summed E-state index contributed by atoms with van der Waals surface area (Å²) in [7, 11) is 0. The first kappa shape index (κ1) is 19.9. The number of benzene rings is 1. The number of nitrogens with zero attached hydrogens (tertiary/aromatic N) is 3. The van der Waals surface area contributed by atoms with Crippen molar-refractivity contribution in [2.45, 2.75) is 51.7 Å². The van der Waals surface area contributed by atoms with Crippen LogP contribution in [0, 0.1) is 0 Å². The Morgan fingerprint density at radius 3 is 2.63 bits per heavy atom. The van der Waals surface area contributed by atoms with Crippen LogP contribution in [0.5, 0.6) is 0 Å². The van der Waals surface area contributed by atoms with Crippen LogP contribution in [-0.2, 0) is 4.79 Å². The Morgan fingerprint density at radius 2 is 1.97 bits per heavy atom. The molecule has 4 rings (SSSR count). The zero-order valence-corrected chi connectivity index (χ0v) is 17.3. The van der Waals surface area contributed by atoms with E-state index in [1.807, 2.05) is 49.1 Å². The third kappa shape index (κ3) is 3.85. The molecule has 0 atom stereocenters. The van der Waals surface area contributed by atoms with Gasteiger partial charge in [-0.15, -0.1) is 0 Å². The fourth-order valence-corrected chi connectivity index (χ4v) is 3.90. The summed E-state index contributed by atoms with van der Waals surface area (Å²) >= 11 is 0. The van der Waals surface area contributed by atoms with Crippen LogP contribution in [-0.4, -0.2) is 38.7 Å². The summed E-state index contributed by atoms with van der Waals surface area (Å²) in [5, 5.41) is 11.7. The van der Waals surface area contributed by atoms with Crippen LogP contribution in [0.3, 0.4) is 0 Å². The van der Waals surface area contributed by atoms with E-state index >= 15 is 0 Å². The van der Waals surface area contributed by atoms with Gasteiger partial charge in [-0.1, -0.05) is 6.07 Å². The van der Waals surface area contributed by atoms with Crippen LogP contribution in [0.4, 0.5) is 5.69 Å². The Bertz CT molecular complexity index is 1110. The molecule has 30 heavy (non-hydrogen) atoms. The summed E-state index contributed by atoms with van der Waals surface area (Å²) < 4.78 is 1.96. The molecule has 0 saturated heterocycles. The lowest BCUT2D eigenvalue weighted by Gasteiger charge is -2.35. The average molecular weight is 406 g/mol. The van der Waals surface area contributed by atoms with E-state index in [1.165, 1.54) is 6.20 Å². The number of hydrogen-bond donors (Lipinski definition) is 3. The maximum absolute atomic E-state index is 11.9. The van der Waals surface area contributed by atoms with Gasteiger partial charge in [0, 0.05) is 42.4 Å². The fraction of sp³-hybridized carbons (Fsp3) is 0.364. The number of nitrogens with two attached hydrogens (primary N) is 1. The molecule has 1 fully saturated rings. The van der Waals surface area contributed by atoms with Crippen molar-refractivity contribution in [1.82, 2.24) is 20.1 Å². The van der Waals surface area contributed by atoms with Crippen LogP contribution in [0.2, 0.25) is 0 Å². The number of amides is 2. The number of primary amides is 1. The Labute approximate surface area is 174 Å². The van der Waals surface area contributed by atoms with Gasteiger partial charge >= 0.3 is 0 Å². The number of aromatic nitrogens is 3. The van der Waals surface area contributed by atoms with Crippen molar-refractivity contribution >= 4 is 28.4 Å². The molecule has 0 aliphatic heterocycles. The molecule has 1 aromatic carbocycles. The summed E-state index contributed by atoms with van der Waals surface area (Å²) in [6.07, 6.45) is 7.15. The van der Waals surface area contributed by atoms with Crippen molar-refractivity contribution in [1.29, 1.82) is 0 Å². The van der Waals surface area contributed by atoms with Crippen LogP contribution in [0.1, 0.15) is 50.0 Å². The van der Waals surface area contributed by atoms with E-state index in [1.54, 1.807) is 6.92 Å². The van der Waals surface area contributed by atoms with Gasteiger partial charge in [0.15, 0.2) is 0 Å². The van der Waals surface area contributed by atoms with Crippen LogP contribution in [0.15, 0.2) is 36.8 Å². The van der Waals surface area contributed by atoms with Gasteiger partial charge in [-0.05, 0) is 44.4 Å². The second-order valence-electron chi connectivity index (χ2n) is 8.17. The standard InChI is InChI=1S/C22H26N6O2/c1-12(2)26-21-18-6-14(4-5-20(18)24-10-19(21)22(23)30)15-9-25-28(11-15)17-7-16(8-17)27-13(3)29/h4-6,9-12,16-17H,7-8H2,1-3H3,(H2,23,30)(H,24,26)(H,27,29). The second kappa shape index (κ2) is 7.78. The number of carbonyl (C=O) groups excluding carboxylic acids is 2. The number of fused-ring (bicyclic) bond motifs is 1. The number of carbonyl (C=O) groups is 2. The molecule has 2 amide bonds. The van der Waals surface area contributed by atoms with Crippen molar-refractivity contribution in [3.8, 4) is 11.1 Å². The number of rotatable bonds is 6. The first-order chi connectivity index (χ1) is 14.3. The van der Waals surface area contributed by atoms with Gasteiger partial charge < -0.3 is 16.4 Å². The molecule has 1 saturated carbocycles. The lowest BCUT2D eigenvalue weighted by molar-refractivity contribution is -0.120. The van der Waals surface area contributed by atoms with Crippen LogP contribution >= 0.6 is 0 Å². The largest absolute Gasteiger partial charge is 0.382 e. The summed E-state index contributed by atoms with van der Waals surface area (Å²) in [6.45, 7) is 5.56. The molecule has 0 unspecified atom stereocenters. The minimum Gasteiger partial charge on any atom is -0.382 e. The number of pyridine rings is 1. The maximum atomic E-state index is 11.9. The quantitative estimate of drug-likeness (QED) is 0.582. The predicted molar refractivity (Wildman–Crippen MR) is 116 cm³/mol. The Morgan fingerprint density at radius 1 is 1.20 bits per heavy atom. The van der Waals surface area contributed by atoms with Crippen molar-refractivity contribution < 1.29 is 9.59 Å². The molecule has 8 heteroatoms. The second-order valence-corrected chi connectivity index (χ2v) is 8.17. The molecule has 1 aliphatic rings. The first-order valence-corrected chi connectivity index (χ1v) is 10.1. The molecule has 1 aliphatic carbocycles. The van der Waals surface area contributed by atoms with Gasteiger partial charge in [0.2, 0.25) is 5.91 Å². The summed E-state index contributed by atoms with van der Waals surface area (Å²) in [6, 6.07) is 6.60. The van der Waals surface area contributed by atoms with Gasteiger partial charge in [0.25, 0.3) is 5.91 Å². The van der Waals surface area contributed by atoms with Crippen molar-refractivity contribution in [3.05, 3.63) is 42.4 Å². The number of nitrogens with one attached hydrogen (secondary N) is 2. The van der Waals surface area contributed by atoms with Gasteiger partial charge in [0.05, 0.1) is 29.0 Å². The first-order valence-electron chi connectivity index (χ1n) is 10.1.